The Morgan fingerprint density at radius 3 is 2.77 bits per heavy atom. The van der Waals surface area contributed by atoms with Crippen molar-refractivity contribution in [1.29, 1.82) is 0 Å². The minimum absolute atomic E-state index is 0.0954. The molecule has 0 amide bonds. The lowest BCUT2D eigenvalue weighted by atomic mass is 9.99. The van der Waals surface area contributed by atoms with Crippen LogP contribution in [0.25, 0.3) is 0 Å². The van der Waals surface area contributed by atoms with Gasteiger partial charge in [-0.05, 0) is 6.07 Å². The van der Waals surface area contributed by atoms with Gasteiger partial charge in [0, 0.05) is 6.20 Å². The number of Topliss-reactive ketones (excluding diaryl/α,β-unsaturated/α-hetero) is 1. The van der Waals surface area contributed by atoms with Crippen LogP contribution in [0.15, 0.2) is 12.3 Å². The van der Waals surface area contributed by atoms with Crippen molar-refractivity contribution in [2.24, 2.45) is 0 Å². The number of carbonyl (C=O) groups excluding carboxylic acids is 1. The van der Waals surface area contributed by atoms with Crippen molar-refractivity contribution < 1.29 is 9.18 Å². The molecule has 0 aliphatic carbocycles. The molecule has 0 bridgehead atoms. The van der Waals surface area contributed by atoms with Crippen molar-refractivity contribution in [3.63, 3.8) is 0 Å². The molecule has 0 atom stereocenters. The second-order valence-electron chi connectivity index (χ2n) is 2.97. The molecule has 13 heavy (non-hydrogen) atoms. The molecule has 1 aromatic rings. The summed E-state index contributed by atoms with van der Waals surface area (Å²) in [6.07, 6.45) is 1.38. The number of halogens is 1. The van der Waals surface area contributed by atoms with Crippen LogP contribution >= 0.6 is 0 Å². The third kappa shape index (κ3) is 1.41. The van der Waals surface area contributed by atoms with Gasteiger partial charge in [0.2, 0.25) is 0 Å². The summed E-state index contributed by atoms with van der Waals surface area (Å²) < 4.78 is 13.2. The van der Waals surface area contributed by atoms with Crippen LogP contribution in [0.5, 0.6) is 0 Å². The quantitative estimate of drug-likeness (QED) is 0.536. The first kappa shape index (κ1) is 8.22. The molecule has 3 nitrogen and oxygen atoms in total. The third-order valence-corrected chi connectivity index (χ3v) is 1.88. The molecule has 1 saturated heterocycles. The summed E-state index contributed by atoms with van der Waals surface area (Å²) in [6, 6.07) is 1.20. The van der Waals surface area contributed by atoms with E-state index in [1.165, 1.54) is 12.3 Å². The smallest absolute Gasteiger partial charge is 0.171 e. The van der Waals surface area contributed by atoms with Crippen LogP contribution in [0.2, 0.25) is 0 Å². The van der Waals surface area contributed by atoms with E-state index in [1.54, 1.807) is 4.90 Å². The van der Waals surface area contributed by atoms with Gasteiger partial charge < -0.3 is 4.90 Å². The maximum Gasteiger partial charge on any atom is 0.171 e. The van der Waals surface area contributed by atoms with Crippen LogP contribution in [0.3, 0.4) is 0 Å². The molecular weight excluding hydrogens is 170 g/mol. The van der Waals surface area contributed by atoms with E-state index in [0.29, 0.717) is 0 Å². The first-order valence-corrected chi connectivity index (χ1v) is 3.84. The normalized spacial score (nSPS) is 15.8. The highest BCUT2D eigenvalue weighted by atomic mass is 19.1. The fraction of sp³-hybridized carbons (Fsp3) is 0.250. The van der Waals surface area contributed by atoms with E-state index in [2.05, 4.69) is 4.98 Å². The van der Waals surface area contributed by atoms with Gasteiger partial charge in [0.15, 0.2) is 17.4 Å². The predicted octanol–water partition coefficient (Wildman–Crippen LogP) is -0.596. The lowest BCUT2D eigenvalue weighted by Gasteiger charge is -2.30. The number of pyridine rings is 1. The highest BCUT2D eigenvalue weighted by molar-refractivity contribution is 6.32. The Morgan fingerprint density at radius 1 is 1.54 bits per heavy atom. The monoisotopic (exact) mass is 176 g/mol. The van der Waals surface area contributed by atoms with Gasteiger partial charge in [0.25, 0.3) is 0 Å². The first-order valence-electron chi connectivity index (χ1n) is 3.84. The summed E-state index contributed by atoms with van der Waals surface area (Å²) in [6.45, 7) is 0.488. The standard InChI is InChI=1S/C8H6BFN2O/c9-5-1-7(10)8(11-2-5)12-3-6(13)4-12/h1-2H,3-4H2. The summed E-state index contributed by atoms with van der Waals surface area (Å²) in [5, 5.41) is 0. The van der Waals surface area contributed by atoms with Gasteiger partial charge in [-0.1, -0.05) is 5.46 Å². The molecule has 1 aliphatic heterocycles. The Kier molecular flexibility index (Phi) is 1.79. The fourth-order valence-corrected chi connectivity index (χ4v) is 1.21. The number of aromatic nitrogens is 1. The Labute approximate surface area is 76.0 Å². The lowest BCUT2D eigenvalue weighted by Crippen LogP contribution is -2.48. The van der Waals surface area contributed by atoms with E-state index in [0.717, 1.165) is 0 Å². The van der Waals surface area contributed by atoms with Crippen LogP contribution in [0, 0.1) is 5.82 Å². The molecular formula is C8H6BFN2O. The summed E-state index contributed by atoms with van der Waals surface area (Å²) >= 11 is 0. The average Bonchev–Trinajstić information content (AvgIpc) is 2.00. The number of hydrogen-bond acceptors (Lipinski definition) is 3. The van der Waals surface area contributed by atoms with E-state index < -0.39 is 5.82 Å². The zero-order chi connectivity index (χ0) is 9.42. The van der Waals surface area contributed by atoms with Crippen LogP contribution < -0.4 is 10.4 Å². The lowest BCUT2D eigenvalue weighted by molar-refractivity contribution is -0.119. The molecule has 2 rings (SSSR count). The fourth-order valence-electron chi connectivity index (χ4n) is 1.21. The number of hydrogen-bond donors (Lipinski definition) is 0. The van der Waals surface area contributed by atoms with Gasteiger partial charge in [-0.2, -0.15) is 0 Å². The largest absolute Gasteiger partial charge is 0.339 e. The number of nitrogens with zero attached hydrogens (tertiary/aromatic N) is 2. The van der Waals surface area contributed by atoms with E-state index in [4.69, 9.17) is 7.85 Å². The van der Waals surface area contributed by atoms with Gasteiger partial charge in [0.1, 0.15) is 7.85 Å². The van der Waals surface area contributed by atoms with Crippen molar-refractivity contribution in [1.82, 2.24) is 4.98 Å². The van der Waals surface area contributed by atoms with Gasteiger partial charge in [-0.15, -0.1) is 0 Å². The number of anilines is 1. The van der Waals surface area contributed by atoms with Gasteiger partial charge in [0.05, 0.1) is 13.1 Å². The number of ketones is 1. The van der Waals surface area contributed by atoms with E-state index in [9.17, 15) is 9.18 Å². The van der Waals surface area contributed by atoms with E-state index >= 15 is 0 Å². The number of carbonyl (C=O) groups is 1. The van der Waals surface area contributed by atoms with Crippen LogP contribution in [-0.2, 0) is 4.79 Å². The van der Waals surface area contributed by atoms with Gasteiger partial charge in [-0.3, -0.25) is 4.79 Å². The molecule has 0 unspecified atom stereocenters. The molecule has 2 heterocycles. The molecule has 64 valence electrons. The zero-order valence-corrected chi connectivity index (χ0v) is 6.83. The Bertz CT molecular complexity index is 361. The summed E-state index contributed by atoms with van der Waals surface area (Å²) in [4.78, 5) is 16.0. The molecule has 0 aromatic carbocycles. The third-order valence-electron chi connectivity index (χ3n) is 1.88. The van der Waals surface area contributed by atoms with Crippen molar-refractivity contribution in [3.05, 3.63) is 18.1 Å². The van der Waals surface area contributed by atoms with Crippen molar-refractivity contribution in [2.75, 3.05) is 18.0 Å². The molecule has 1 aliphatic rings. The molecule has 1 aromatic heterocycles. The highest BCUT2D eigenvalue weighted by Crippen LogP contribution is 2.17. The Balaban J connectivity index is 2.26. The van der Waals surface area contributed by atoms with Crippen molar-refractivity contribution in [3.8, 4) is 0 Å². The summed E-state index contributed by atoms with van der Waals surface area (Å²) in [5.41, 5.74) is 0.285. The predicted molar refractivity (Wildman–Crippen MR) is 46.8 cm³/mol. The zero-order valence-electron chi connectivity index (χ0n) is 6.83. The van der Waals surface area contributed by atoms with Crippen molar-refractivity contribution >= 4 is 24.9 Å². The summed E-state index contributed by atoms with van der Waals surface area (Å²) in [7, 11) is 5.33. The Morgan fingerprint density at radius 2 is 2.23 bits per heavy atom. The molecule has 2 radical (unpaired) electrons. The van der Waals surface area contributed by atoms with Crippen LogP contribution in [0.4, 0.5) is 10.2 Å². The molecule has 0 N–H and O–H groups in total. The Hall–Kier alpha value is -1.39. The van der Waals surface area contributed by atoms with Crippen LogP contribution in [0.1, 0.15) is 0 Å². The van der Waals surface area contributed by atoms with Gasteiger partial charge >= 0.3 is 0 Å². The first-order chi connectivity index (χ1) is 6.16. The SMILES string of the molecule is [B]c1cnc(N2CC(=O)C2)c(F)c1. The van der Waals surface area contributed by atoms with Gasteiger partial charge in [-0.25, -0.2) is 9.37 Å². The van der Waals surface area contributed by atoms with E-state index in [-0.39, 0.29) is 30.2 Å². The second kappa shape index (κ2) is 2.83. The number of rotatable bonds is 1. The second-order valence-corrected chi connectivity index (χ2v) is 2.97. The molecule has 1 fully saturated rings. The maximum atomic E-state index is 13.2. The minimum Gasteiger partial charge on any atom is -0.339 e. The summed E-state index contributed by atoms with van der Waals surface area (Å²) in [5.74, 6) is -0.181. The van der Waals surface area contributed by atoms with Crippen molar-refractivity contribution in [2.45, 2.75) is 0 Å². The highest BCUT2D eigenvalue weighted by Gasteiger charge is 2.26. The maximum absolute atomic E-state index is 13.2. The average molecular weight is 176 g/mol. The van der Waals surface area contributed by atoms with Crippen LogP contribution in [-0.4, -0.2) is 31.7 Å². The molecule has 5 heteroatoms. The molecule has 0 spiro atoms. The molecule has 0 saturated carbocycles. The minimum atomic E-state index is -0.479. The van der Waals surface area contributed by atoms with E-state index in [1.807, 2.05) is 0 Å². The topological polar surface area (TPSA) is 33.2 Å².